The van der Waals surface area contributed by atoms with E-state index in [4.69, 9.17) is 4.74 Å². The van der Waals surface area contributed by atoms with Crippen molar-refractivity contribution in [1.29, 1.82) is 0 Å². The molecule has 4 rings (SSSR count). The van der Waals surface area contributed by atoms with Crippen LogP contribution in [-0.4, -0.2) is 54.6 Å². The zero-order valence-electron chi connectivity index (χ0n) is 22.7. The number of hydrogen-bond acceptors (Lipinski definition) is 7. The van der Waals surface area contributed by atoms with Crippen LogP contribution in [0.1, 0.15) is 38.3 Å². The number of aromatic nitrogens is 2. The van der Waals surface area contributed by atoms with Gasteiger partial charge in [0.05, 0.1) is 11.3 Å². The van der Waals surface area contributed by atoms with E-state index in [0.717, 1.165) is 12.1 Å². The first kappa shape index (κ1) is 29.8. The van der Waals surface area contributed by atoms with Crippen molar-refractivity contribution in [3.8, 4) is 11.3 Å². The number of amides is 1. The molecule has 0 aliphatic carbocycles. The van der Waals surface area contributed by atoms with Crippen LogP contribution in [0, 0.1) is 0 Å². The Labute approximate surface area is 236 Å². The van der Waals surface area contributed by atoms with Crippen LogP contribution >= 0.6 is 0 Å². The number of carbonyl (C=O) groups excluding carboxylic acids is 1. The average Bonchev–Trinajstić information content (AvgIpc) is 2.88. The highest BCUT2D eigenvalue weighted by molar-refractivity contribution is 7.92. The fourth-order valence-corrected chi connectivity index (χ4v) is 5.01. The van der Waals surface area contributed by atoms with E-state index in [9.17, 15) is 26.4 Å². The summed E-state index contributed by atoms with van der Waals surface area (Å²) in [6, 6.07) is 12.4. The highest BCUT2D eigenvalue weighted by Crippen LogP contribution is 2.38. The van der Waals surface area contributed by atoms with Crippen LogP contribution in [0.3, 0.4) is 0 Å². The number of ether oxygens (including phenoxy) is 1. The molecule has 3 heterocycles. The van der Waals surface area contributed by atoms with E-state index in [0.29, 0.717) is 12.0 Å². The molecule has 0 saturated carbocycles. The smallest absolute Gasteiger partial charge is 0.418 e. The molecular formula is C28H30F3N5O4S. The van der Waals surface area contributed by atoms with E-state index in [1.807, 2.05) is 0 Å². The third-order valence-corrected chi connectivity index (χ3v) is 7.11. The van der Waals surface area contributed by atoms with Crippen LogP contribution in [0.15, 0.2) is 65.7 Å². The third kappa shape index (κ3) is 7.75. The molecule has 218 valence electrons. The molecule has 1 aliphatic rings. The van der Waals surface area contributed by atoms with Gasteiger partial charge >= 0.3 is 12.3 Å². The number of sulfonamides is 1. The molecule has 1 amide bonds. The number of alkyl halides is 3. The molecule has 0 saturated heterocycles. The standard InChI is InChI=1S/C28H30F3N5O4S/c1-27(2,3)40-26(37)36-17-7-6-10-19-9-4-5-11-20(19)25-21(28(29,30)31)14-15-23(34-25)35-41(38,39)24-13-8-12-22(33-24)32-16-18-36/h4-6,8-15H,7,16-18H2,1-3H3,(H,32,33)(H,34,35)/b10-6+. The SMILES string of the molecule is CC(C)(C)OC(=O)N1CC/C=C/c2ccccc2-c2nc(ccc2C(F)(F)F)NS(=O)(=O)c2cccc(n2)NCC1. The first-order valence-corrected chi connectivity index (χ1v) is 14.3. The van der Waals surface area contributed by atoms with Crippen molar-refractivity contribution in [3.63, 3.8) is 0 Å². The number of rotatable bonds is 0. The largest absolute Gasteiger partial charge is 0.444 e. The van der Waals surface area contributed by atoms with Gasteiger partial charge in [-0.1, -0.05) is 42.5 Å². The zero-order chi connectivity index (χ0) is 29.8. The second-order valence-corrected chi connectivity index (χ2v) is 11.9. The second-order valence-electron chi connectivity index (χ2n) is 10.2. The normalized spacial score (nSPS) is 16.7. The Morgan fingerprint density at radius 2 is 1.71 bits per heavy atom. The molecular weight excluding hydrogens is 559 g/mol. The summed E-state index contributed by atoms with van der Waals surface area (Å²) in [5.41, 5.74) is -1.58. The molecule has 0 unspecified atom stereocenters. The van der Waals surface area contributed by atoms with Crippen LogP contribution in [0.2, 0.25) is 0 Å². The van der Waals surface area contributed by atoms with Gasteiger partial charge in [-0.3, -0.25) is 4.72 Å². The van der Waals surface area contributed by atoms with E-state index in [-0.39, 0.29) is 41.9 Å². The van der Waals surface area contributed by atoms with Gasteiger partial charge in [-0.05, 0) is 57.0 Å². The Morgan fingerprint density at radius 3 is 2.44 bits per heavy atom. The summed E-state index contributed by atoms with van der Waals surface area (Å²) in [4.78, 5) is 22.6. The van der Waals surface area contributed by atoms with Crippen LogP contribution in [0.25, 0.3) is 17.3 Å². The van der Waals surface area contributed by atoms with Gasteiger partial charge < -0.3 is 15.0 Å². The van der Waals surface area contributed by atoms with E-state index in [1.165, 1.54) is 23.1 Å². The van der Waals surface area contributed by atoms with Crippen molar-refractivity contribution in [1.82, 2.24) is 14.9 Å². The first-order valence-electron chi connectivity index (χ1n) is 12.8. The Hall–Kier alpha value is -4.13. The Kier molecular flexibility index (Phi) is 8.57. The zero-order valence-corrected chi connectivity index (χ0v) is 23.5. The van der Waals surface area contributed by atoms with E-state index < -0.39 is 39.2 Å². The second kappa shape index (κ2) is 11.8. The number of carbonyl (C=O) groups is 1. The molecule has 3 aromatic rings. The predicted octanol–water partition coefficient (Wildman–Crippen LogP) is 6.03. The number of fused-ring (bicyclic) bond motifs is 6. The minimum Gasteiger partial charge on any atom is -0.444 e. The summed E-state index contributed by atoms with van der Waals surface area (Å²) in [5, 5.41) is 2.64. The summed E-state index contributed by atoms with van der Waals surface area (Å²) >= 11 is 0. The van der Waals surface area contributed by atoms with Crippen molar-refractivity contribution in [2.75, 3.05) is 29.7 Å². The molecule has 4 bridgehead atoms. The first-order chi connectivity index (χ1) is 19.2. The highest BCUT2D eigenvalue weighted by atomic mass is 32.2. The maximum Gasteiger partial charge on any atom is 0.418 e. The number of halogens is 3. The van der Waals surface area contributed by atoms with Gasteiger partial charge in [-0.2, -0.15) is 21.6 Å². The molecule has 2 N–H and O–H groups in total. The Morgan fingerprint density at radius 1 is 0.951 bits per heavy atom. The number of benzene rings is 1. The molecule has 0 spiro atoms. The summed E-state index contributed by atoms with van der Waals surface area (Å²) < 4.78 is 76.1. The molecule has 41 heavy (non-hydrogen) atoms. The molecule has 0 fully saturated rings. The van der Waals surface area contributed by atoms with Crippen molar-refractivity contribution in [3.05, 3.63) is 71.8 Å². The molecule has 1 aromatic carbocycles. The van der Waals surface area contributed by atoms with Crippen LogP contribution < -0.4 is 10.0 Å². The number of nitrogens with one attached hydrogen (secondary N) is 2. The van der Waals surface area contributed by atoms with Gasteiger partial charge in [-0.15, -0.1) is 0 Å². The number of nitrogens with zero attached hydrogens (tertiary/aromatic N) is 3. The van der Waals surface area contributed by atoms with Gasteiger partial charge in [0.15, 0.2) is 5.03 Å². The number of pyridine rings is 2. The van der Waals surface area contributed by atoms with Gasteiger partial charge in [0.2, 0.25) is 0 Å². The lowest BCUT2D eigenvalue weighted by Crippen LogP contribution is -2.39. The minimum atomic E-state index is -4.75. The maximum absolute atomic E-state index is 14.0. The lowest BCUT2D eigenvalue weighted by atomic mass is 9.99. The van der Waals surface area contributed by atoms with Crippen molar-refractivity contribution < 1.29 is 31.1 Å². The third-order valence-electron chi connectivity index (χ3n) is 5.86. The highest BCUT2D eigenvalue weighted by Gasteiger charge is 2.35. The number of anilines is 2. The van der Waals surface area contributed by atoms with Gasteiger partial charge in [0.25, 0.3) is 10.0 Å². The van der Waals surface area contributed by atoms with E-state index in [2.05, 4.69) is 20.0 Å². The lowest BCUT2D eigenvalue weighted by Gasteiger charge is -2.27. The van der Waals surface area contributed by atoms with E-state index >= 15 is 0 Å². The fraction of sp³-hybridized carbons (Fsp3) is 0.321. The lowest BCUT2D eigenvalue weighted by molar-refractivity contribution is -0.137. The molecule has 9 nitrogen and oxygen atoms in total. The maximum atomic E-state index is 14.0. The Bertz CT molecular complexity index is 1550. The van der Waals surface area contributed by atoms with Crippen LogP contribution in [0.4, 0.5) is 29.6 Å². The van der Waals surface area contributed by atoms with Crippen LogP contribution in [0.5, 0.6) is 0 Å². The summed E-state index contributed by atoms with van der Waals surface area (Å²) in [6.07, 6.45) is -1.49. The molecule has 0 atom stereocenters. The summed E-state index contributed by atoms with van der Waals surface area (Å²) in [5.74, 6) is -0.0610. The van der Waals surface area contributed by atoms with Gasteiger partial charge in [-0.25, -0.2) is 14.8 Å². The topological polar surface area (TPSA) is 114 Å². The van der Waals surface area contributed by atoms with Crippen molar-refractivity contribution in [2.45, 2.75) is 44.0 Å². The molecule has 1 aliphatic heterocycles. The average molecular weight is 590 g/mol. The molecule has 13 heteroatoms. The van der Waals surface area contributed by atoms with Crippen molar-refractivity contribution >= 4 is 33.8 Å². The monoisotopic (exact) mass is 589 g/mol. The summed E-state index contributed by atoms with van der Waals surface area (Å²) in [6.45, 7) is 6.00. The summed E-state index contributed by atoms with van der Waals surface area (Å²) in [7, 11) is -4.31. The van der Waals surface area contributed by atoms with Gasteiger partial charge in [0.1, 0.15) is 17.2 Å². The quantitative estimate of drug-likeness (QED) is 0.329. The van der Waals surface area contributed by atoms with Crippen LogP contribution in [-0.2, 0) is 20.9 Å². The fourth-order valence-electron chi connectivity index (χ4n) is 4.04. The van der Waals surface area contributed by atoms with Gasteiger partial charge in [0, 0.05) is 25.2 Å². The minimum absolute atomic E-state index is 0.159. The number of hydrogen-bond donors (Lipinski definition) is 2. The predicted molar refractivity (Wildman–Crippen MR) is 150 cm³/mol. The van der Waals surface area contributed by atoms with E-state index in [1.54, 1.807) is 57.2 Å². The molecule has 2 aromatic heterocycles. The van der Waals surface area contributed by atoms with Crippen molar-refractivity contribution in [2.24, 2.45) is 0 Å². The molecule has 0 radical (unpaired) electrons. The Balaban J connectivity index is 1.81.